The van der Waals surface area contributed by atoms with Crippen LogP contribution in [0.2, 0.25) is 5.02 Å². The van der Waals surface area contributed by atoms with Gasteiger partial charge in [0, 0.05) is 45.4 Å². The van der Waals surface area contributed by atoms with Gasteiger partial charge in [0.15, 0.2) is 0 Å². The maximum atomic E-state index is 12.4. The molecule has 4 heteroatoms. The van der Waals surface area contributed by atoms with Crippen molar-refractivity contribution in [3.05, 3.63) is 64.8 Å². The first-order valence-electron chi connectivity index (χ1n) is 8.44. The summed E-state index contributed by atoms with van der Waals surface area (Å²) in [5, 5.41) is 4.67. The largest absolute Gasteiger partial charge is 0.347 e. The summed E-state index contributed by atoms with van der Waals surface area (Å²) in [5.74, 6) is 0.465. The molecule has 0 aliphatic carbocycles. The number of hydrogen-bond acceptors (Lipinski definition) is 1. The second-order valence-corrected chi connectivity index (χ2v) is 7.29. The number of hydrogen-bond donors (Lipinski definition) is 1. The van der Waals surface area contributed by atoms with Crippen molar-refractivity contribution in [2.45, 2.75) is 20.4 Å². The van der Waals surface area contributed by atoms with Crippen LogP contribution in [0.5, 0.6) is 0 Å². The number of nitrogens with one attached hydrogen (secondary N) is 1. The van der Waals surface area contributed by atoms with E-state index in [1.54, 1.807) is 6.07 Å². The molecule has 0 spiro atoms. The summed E-state index contributed by atoms with van der Waals surface area (Å²) in [4.78, 5) is 12.4. The van der Waals surface area contributed by atoms with Crippen LogP contribution in [-0.4, -0.2) is 10.5 Å². The Kier molecular flexibility index (Phi) is 3.89. The van der Waals surface area contributed by atoms with Gasteiger partial charge in [-0.15, -0.1) is 0 Å². The Morgan fingerprint density at radius 3 is 2.80 bits per heavy atom. The fourth-order valence-corrected chi connectivity index (χ4v) is 3.57. The minimum Gasteiger partial charge on any atom is -0.347 e. The first-order chi connectivity index (χ1) is 12.0. The molecule has 2 aromatic carbocycles. The Morgan fingerprint density at radius 2 is 2.00 bits per heavy atom. The lowest BCUT2D eigenvalue weighted by Gasteiger charge is -2.07. The highest BCUT2D eigenvalue weighted by Crippen LogP contribution is 2.36. The maximum Gasteiger partial charge on any atom is 0.256 e. The predicted octanol–water partition coefficient (Wildman–Crippen LogP) is 5.44. The van der Waals surface area contributed by atoms with Crippen LogP contribution >= 0.6 is 11.6 Å². The van der Waals surface area contributed by atoms with Gasteiger partial charge >= 0.3 is 0 Å². The van der Waals surface area contributed by atoms with E-state index in [4.69, 9.17) is 11.6 Å². The van der Waals surface area contributed by atoms with Gasteiger partial charge in [-0.3, -0.25) is 4.79 Å². The monoisotopic (exact) mass is 350 g/mol. The number of carbonyl (C=O) groups excluding carboxylic acids is 1. The fourth-order valence-electron chi connectivity index (χ4n) is 3.40. The lowest BCUT2D eigenvalue weighted by atomic mass is 10.0. The second-order valence-electron chi connectivity index (χ2n) is 6.85. The summed E-state index contributed by atoms with van der Waals surface area (Å²) in [7, 11) is 0. The highest BCUT2D eigenvalue weighted by molar-refractivity contribution is 6.36. The molecule has 0 saturated heterocycles. The van der Waals surface area contributed by atoms with Gasteiger partial charge in [0.1, 0.15) is 0 Å². The summed E-state index contributed by atoms with van der Waals surface area (Å²) in [5.41, 5.74) is 4.60. The topological polar surface area (TPSA) is 34.0 Å². The number of fused-ring (bicyclic) bond motifs is 2. The Hall–Kier alpha value is -2.52. The van der Waals surface area contributed by atoms with Gasteiger partial charge in [-0.25, -0.2) is 0 Å². The first kappa shape index (κ1) is 16.0. The van der Waals surface area contributed by atoms with Gasteiger partial charge in [0.25, 0.3) is 5.91 Å². The number of halogens is 1. The van der Waals surface area contributed by atoms with Crippen LogP contribution in [0.1, 0.15) is 25.0 Å². The average molecular weight is 351 g/mol. The van der Waals surface area contributed by atoms with Crippen LogP contribution in [0.25, 0.3) is 22.6 Å². The molecule has 1 amide bonds. The van der Waals surface area contributed by atoms with E-state index < -0.39 is 0 Å². The van der Waals surface area contributed by atoms with Gasteiger partial charge in [0.05, 0.1) is 5.69 Å². The summed E-state index contributed by atoms with van der Waals surface area (Å²) in [6.45, 7) is 5.36. The Morgan fingerprint density at radius 1 is 1.20 bits per heavy atom. The summed E-state index contributed by atoms with van der Waals surface area (Å²) in [6, 6.07) is 13.8. The second kappa shape index (κ2) is 6.08. The third-order valence-corrected chi connectivity index (χ3v) is 4.68. The molecular weight excluding hydrogens is 332 g/mol. The van der Waals surface area contributed by atoms with Gasteiger partial charge in [-0.2, -0.15) is 0 Å². The van der Waals surface area contributed by atoms with E-state index in [1.165, 1.54) is 5.52 Å². The van der Waals surface area contributed by atoms with E-state index in [0.29, 0.717) is 16.5 Å². The van der Waals surface area contributed by atoms with Crippen molar-refractivity contribution in [1.82, 2.24) is 4.57 Å². The zero-order chi connectivity index (χ0) is 17.6. The minimum absolute atomic E-state index is 0.0852. The zero-order valence-electron chi connectivity index (χ0n) is 14.2. The Labute approximate surface area is 151 Å². The maximum absolute atomic E-state index is 12.4. The van der Waals surface area contributed by atoms with Gasteiger partial charge in [-0.05, 0) is 30.2 Å². The van der Waals surface area contributed by atoms with Crippen molar-refractivity contribution in [3.8, 4) is 0 Å². The molecule has 0 bridgehead atoms. The fraction of sp³-hybridized carbons (Fsp3) is 0.190. The van der Waals surface area contributed by atoms with E-state index >= 15 is 0 Å². The molecule has 4 rings (SSSR count). The number of amides is 1. The molecule has 1 aromatic heterocycles. The molecule has 0 saturated carbocycles. The highest BCUT2D eigenvalue weighted by Gasteiger charge is 2.24. The van der Waals surface area contributed by atoms with E-state index in [-0.39, 0.29) is 5.91 Å². The lowest BCUT2D eigenvalue weighted by Crippen LogP contribution is -2.03. The van der Waals surface area contributed by atoms with Crippen LogP contribution in [-0.2, 0) is 11.3 Å². The Bertz CT molecular complexity index is 1010. The third kappa shape index (κ3) is 2.85. The van der Waals surface area contributed by atoms with E-state index in [2.05, 4.69) is 48.1 Å². The van der Waals surface area contributed by atoms with Crippen molar-refractivity contribution < 1.29 is 4.79 Å². The minimum atomic E-state index is -0.0852. The van der Waals surface area contributed by atoms with Crippen molar-refractivity contribution >= 4 is 45.7 Å². The molecule has 0 unspecified atom stereocenters. The molecule has 1 aliphatic heterocycles. The number of benzene rings is 2. The lowest BCUT2D eigenvalue weighted by molar-refractivity contribution is -0.110. The molecule has 25 heavy (non-hydrogen) atoms. The molecule has 3 nitrogen and oxygen atoms in total. The smallest absolute Gasteiger partial charge is 0.256 e. The molecule has 1 aliphatic rings. The van der Waals surface area contributed by atoms with E-state index in [9.17, 15) is 4.79 Å². The zero-order valence-corrected chi connectivity index (χ0v) is 15.0. The van der Waals surface area contributed by atoms with Crippen molar-refractivity contribution in [2.75, 3.05) is 5.32 Å². The van der Waals surface area contributed by atoms with Gasteiger partial charge in [-0.1, -0.05) is 49.7 Å². The van der Waals surface area contributed by atoms with Crippen LogP contribution < -0.4 is 5.32 Å². The molecule has 2 heterocycles. The third-order valence-electron chi connectivity index (χ3n) is 4.45. The molecular formula is C21H19ClN2O. The quantitative estimate of drug-likeness (QED) is 0.627. The first-order valence-corrected chi connectivity index (χ1v) is 8.81. The normalized spacial score (nSPS) is 15.2. The van der Waals surface area contributed by atoms with Crippen LogP contribution in [0, 0.1) is 5.92 Å². The number of para-hydroxylation sites is 1. The van der Waals surface area contributed by atoms with Crippen molar-refractivity contribution in [3.63, 3.8) is 0 Å². The number of rotatable bonds is 3. The number of aromatic nitrogens is 1. The highest BCUT2D eigenvalue weighted by atomic mass is 35.5. The number of carbonyl (C=O) groups is 1. The number of nitrogens with zero attached hydrogens (tertiary/aromatic N) is 1. The van der Waals surface area contributed by atoms with Crippen LogP contribution in [0.15, 0.2) is 48.7 Å². The average Bonchev–Trinajstić information content (AvgIpc) is 3.06. The summed E-state index contributed by atoms with van der Waals surface area (Å²) < 4.78 is 2.27. The summed E-state index contributed by atoms with van der Waals surface area (Å²) in [6.07, 6.45) is 4.12. The Balaban J connectivity index is 1.86. The predicted molar refractivity (Wildman–Crippen MR) is 105 cm³/mol. The molecule has 1 N–H and O–H groups in total. The molecule has 0 fully saturated rings. The van der Waals surface area contributed by atoms with E-state index in [0.717, 1.165) is 28.7 Å². The molecule has 126 valence electrons. The standard InChI is InChI=1S/C21H19ClN2O/c1-13(2)11-24-12-14(16-5-3-4-6-20(16)24)9-18-17-8-7-15(22)10-19(17)23-21(18)25/h3-10,12-13H,11H2,1-2H3,(H,23,25)/b18-9+. The molecule has 3 aromatic rings. The SMILES string of the molecule is CC(C)Cn1cc(/C=C2/C(=O)Nc3cc(Cl)ccc32)c2ccccc21. The number of anilines is 1. The summed E-state index contributed by atoms with van der Waals surface area (Å²) >= 11 is 6.03. The van der Waals surface area contributed by atoms with Crippen LogP contribution in [0.3, 0.4) is 0 Å². The van der Waals surface area contributed by atoms with Gasteiger partial charge in [0.2, 0.25) is 0 Å². The van der Waals surface area contributed by atoms with Gasteiger partial charge < -0.3 is 9.88 Å². The molecule has 0 radical (unpaired) electrons. The van der Waals surface area contributed by atoms with Crippen molar-refractivity contribution in [2.24, 2.45) is 5.92 Å². The van der Waals surface area contributed by atoms with Crippen LogP contribution in [0.4, 0.5) is 5.69 Å². The van der Waals surface area contributed by atoms with E-state index in [1.807, 2.05) is 24.3 Å². The molecule has 0 atom stereocenters. The van der Waals surface area contributed by atoms with Crippen molar-refractivity contribution in [1.29, 1.82) is 0 Å².